The van der Waals surface area contributed by atoms with E-state index in [1.54, 1.807) is 0 Å². The molecule has 0 fully saturated rings. The van der Waals surface area contributed by atoms with Gasteiger partial charge in [-0.15, -0.1) is 0 Å². The van der Waals surface area contributed by atoms with Crippen molar-refractivity contribution in [3.63, 3.8) is 0 Å². The lowest BCUT2D eigenvalue weighted by molar-refractivity contribution is 0.136. The fourth-order valence-corrected chi connectivity index (χ4v) is 5.12. The third-order valence-electron chi connectivity index (χ3n) is 5.89. The summed E-state index contributed by atoms with van der Waals surface area (Å²) in [7, 11) is 0. The van der Waals surface area contributed by atoms with Gasteiger partial charge in [-0.25, -0.2) is 0 Å². The highest BCUT2D eigenvalue weighted by atomic mass is 127. The van der Waals surface area contributed by atoms with E-state index in [-0.39, 0.29) is 10.8 Å². The van der Waals surface area contributed by atoms with E-state index in [2.05, 4.69) is 115 Å². The molecule has 0 saturated carbocycles. The first-order valence-corrected chi connectivity index (χ1v) is 12.1. The Labute approximate surface area is 196 Å². The molecule has 1 aromatic heterocycles. The smallest absolute Gasteiger partial charge is 0.129 e. The van der Waals surface area contributed by atoms with Crippen LogP contribution < -0.4 is 0 Å². The topological polar surface area (TPSA) is 14.2 Å². The van der Waals surface area contributed by atoms with Gasteiger partial charge in [0.25, 0.3) is 0 Å². The highest BCUT2D eigenvalue weighted by Crippen LogP contribution is 2.44. The maximum absolute atomic E-state index is 6.28. The summed E-state index contributed by atoms with van der Waals surface area (Å²) in [5.41, 5.74) is 8.31. The first-order valence-electron chi connectivity index (χ1n) is 10.2. The number of benzene rings is 1. The molecule has 154 valence electrons. The summed E-state index contributed by atoms with van der Waals surface area (Å²) < 4.78 is 11.1. The van der Waals surface area contributed by atoms with Crippen molar-refractivity contribution in [2.24, 2.45) is 10.8 Å². The van der Waals surface area contributed by atoms with Gasteiger partial charge in [-0.1, -0.05) is 53.2 Å². The summed E-state index contributed by atoms with van der Waals surface area (Å²) in [5.74, 6) is 1.07. The van der Waals surface area contributed by atoms with E-state index in [0.29, 0.717) is 6.61 Å². The highest BCUT2D eigenvalue weighted by Gasteiger charge is 2.32. The Hall–Kier alpha value is -1.01. The first-order chi connectivity index (χ1) is 13.5. The van der Waals surface area contributed by atoms with E-state index in [0.717, 1.165) is 23.1 Å². The summed E-state index contributed by atoms with van der Waals surface area (Å²) in [6, 6.07) is 6.55. The number of halogens is 2. The number of nitrogens with zero attached hydrogens (tertiary/aromatic N) is 1. The molecule has 0 bridgehead atoms. The lowest BCUT2D eigenvalue weighted by Gasteiger charge is -2.27. The average Bonchev–Trinajstić information content (AvgIpc) is 2.95. The van der Waals surface area contributed by atoms with Crippen LogP contribution in [0, 0.1) is 14.4 Å². The average molecular weight is 566 g/mol. The van der Waals surface area contributed by atoms with Gasteiger partial charge in [-0.2, -0.15) is 0 Å². The van der Waals surface area contributed by atoms with E-state index < -0.39 is 0 Å². The van der Waals surface area contributed by atoms with E-state index in [9.17, 15) is 0 Å². The Kier molecular flexibility index (Phi) is 5.34. The predicted octanol–water partition coefficient (Wildman–Crippen LogP) is 8.14. The molecule has 0 saturated heterocycles. The van der Waals surface area contributed by atoms with Gasteiger partial charge in [0.05, 0.1) is 11.4 Å². The number of hydrogen-bond donors (Lipinski definition) is 0. The Morgan fingerprint density at radius 1 is 0.931 bits per heavy atom. The molecular weight excluding hydrogens is 537 g/mol. The van der Waals surface area contributed by atoms with Crippen LogP contribution in [0.2, 0.25) is 0 Å². The van der Waals surface area contributed by atoms with Gasteiger partial charge in [-0.05, 0) is 81.1 Å². The largest absolute Gasteiger partial charge is 0.491 e. The van der Waals surface area contributed by atoms with Crippen molar-refractivity contribution in [1.82, 2.24) is 4.57 Å². The van der Waals surface area contributed by atoms with Crippen molar-refractivity contribution in [2.75, 3.05) is 0 Å². The molecule has 4 heteroatoms. The molecule has 2 aliphatic rings. The van der Waals surface area contributed by atoms with Crippen molar-refractivity contribution in [3.8, 4) is 5.69 Å². The van der Waals surface area contributed by atoms with Gasteiger partial charge in [0.1, 0.15) is 12.4 Å². The van der Waals surface area contributed by atoms with Crippen LogP contribution in [-0.4, -0.2) is 4.57 Å². The molecule has 0 atom stereocenters. The Morgan fingerprint density at radius 2 is 1.62 bits per heavy atom. The molecule has 2 heterocycles. The second-order valence-corrected chi connectivity index (χ2v) is 12.2. The highest BCUT2D eigenvalue weighted by molar-refractivity contribution is 14.1. The molecule has 0 spiro atoms. The molecule has 2 aromatic rings. The van der Waals surface area contributed by atoms with E-state index in [1.165, 1.54) is 37.3 Å². The van der Waals surface area contributed by atoms with Crippen molar-refractivity contribution in [2.45, 2.75) is 61.0 Å². The van der Waals surface area contributed by atoms with Crippen molar-refractivity contribution in [1.29, 1.82) is 0 Å². The maximum atomic E-state index is 6.28. The molecule has 1 aliphatic heterocycles. The zero-order valence-corrected chi connectivity index (χ0v) is 21.9. The molecular formula is C25H29BrINO. The molecule has 4 rings (SSSR count). The summed E-state index contributed by atoms with van der Waals surface area (Å²) in [5, 5.41) is 0. The Bertz CT molecular complexity index is 987. The lowest BCUT2D eigenvalue weighted by Crippen LogP contribution is -2.17. The third-order valence-corrected chi connectivity index (χ3v) is 7.23. The van der Waals surface area contributed by atoms with Gasteiger partial charge in [0.15, 0.2) is 0 Å². The van der Waals surface area contributed by atoms with Crippen LogP contribution in [-0.2, 0) is 17.8 Å². The zero-order chi connectivity index (χ0) is 21.1. The zero-order valence-electron chi connectivity index (χ0n) is 18.1. The molecule has 2 nitrogen and oxygen atoms in total. The minimum absolute atomic E-state index is 0.000615. The summed E-state index contributed by atoms with van der Waals surface area (Å²) in [6.07, 6.45) is 6.91. The molecule has 0 amide bonds. The van der Waals surface area contributed by atoms with Crippen LogP contribution in [0.1, 0.15) is 70.5 Å². The molecule has 0 radical (unpaired) electrons. The molecule has 29 heavy (non-hydrogen) atoms. The van der Waals surface area contributed by atoms with Gasteiger partial charge < -0.3 is 9.30 Å². The van der Waals surface area contributed by atoms with Crippen LogP contribution in [0.3, 0.4) is 0 Å². The van der Waals surface area contributed by atoms with Crippen LogP contribution in [0.25, 0.3) is 17.8 Å². The predicted molar refractivity (Wildman–Crippen MR) is 134 cm³/mol. The molecule has 0 unspecified atom stereocenters. The Balaban J connectivity index is 2.02. The molecule has 0 N–H and O–H groups in total. The number of allylic oxidation sites excluding steroid dienone is 2. The van der Waals surface area contributed by atoms with Crippen LogP contribution in [0.5, 0.6) is 0 Å². The minimum Gasteiger partial charge on any atom is -0.491 e. The fourth-order valence-electron chi connectivity index (χ4n) is 4.22. The van der Waals surface area contributed by atoms with Crippen molar-refractivity contribution >= 4 is 50.7 Å². The third kappa shape index (κ3) is 3.87. The van der Waals surface area contributed by atoms with E-state index >= 15 is 0 Å². The quantitative estimate of drug-likeness (QED) is 0.318. The normalized spacial score (nSPS) is 16.6. The van der Waals surface area contributed by atoms with Gasteiger partial charge >= 0.3 is 0 Å². The SMILES string of the molecule is CC(C)(C)C1=Cc2c3c(n(-c4cc(I)ccc4Br)c2CC1)COC(C(C)(C)C)=C3. The van der Waals surface area contributed by atoms with Gasteiger partial charge in [0.2, 0.25) is 0 Å². The van der Waals surface area contributed by atoms with Crippen LogP contribution in [0.15, 0.2) is 34.0 Å². The summed E-state index contributed by atoms with van der Waals surface area (Å²) >= 11 is 6.20. The summed E-state index contributed by atoms with van der Waals surface area (Å²) in [4.78, 5) is 0. The maximum Gasteiger partial charge on any atom is 0.129 e. The number of rotatable bonds is 1. The van der Waals surface area contributed by atoms with E-state index in [4.69, 9.17) is 4.74 Å². The first kappa shape index (κ1) is 21.2. The van der Waals surface area contributed by atoms with Crippen molar-refractivity contribution < 1.29 is 4.74 Å². The van der Waals surface area contributed by atoms with Gasteiger partial charge in [-0.3, -0.25) is 0 Å². The number of hydrogen-bond acceptors (Lipinski definition) is 1. The Morgan fingerprint density at radius 3 is 2.28 bits per heavy atom. The number of ether oxygens (including phenoxy) is 1. The van der Waals surface area contributed by atoms with Gasteiger partial charge in [0, 0.05) is 30.3 Å². The monoisotopic (exact) mass is 565 g/mol. The summed E-state index contributed by atoms with van der Waals surface area (Å²) in [6.45, 7) is 14.2. The van der Waals surface area contributed by atoms with Crippen molar-refractivity contribution in [3.05, 3.63) is 60.1 Å². The van der Waals surface area contributed by atoms with Crippen LogP contribution in [0.4, 0.5) is 0 Å². The molecule has 1 aliphatic carbocycles. The minimum atomic E-state index is 0.000615. The lowest BCUT2D eigenvalue weighted by atomic mass is 9.79. The number of aromatic nitrogens is 1. The number of fused-ring (bicyclic) bond motifs is 3. The second kappa shape index (κ2) is 7.30. The second-order valence-electron chi connectivity index (χ2n) is 10.1. The van der Waals surface area contributed by atoms with E-state index in [1.807, 2.05) is 0 Å². The standard InChI is InChI=1S/C25H29BrINO/c1-24(2,3)15-7-10-20-17(11-15)18-13-23(25(4,5)6)29-14-22(18)28(20)21-12-16(27)8-9-19(21)26/h8-9,11-13H,7,10,14H2,1-6H3. The molecule has 1 aromatic carbocycles. The fraction of sp³-hybridized carbons (Fsp3) is 0.440. The van der Waals surface area contributed by atoms with Crippen LogP contribution >= 0.6 is 38.5 Å².